The molecule has 0 fully saturated rings. The first-order valence-corrected chi connectivity index (χ1v) is 5.26. The van der Waals surface area contributed by atoms with Crippen LogP contribution in [0.3, 0.4) is 0 Å². The lowest BCUT2D eigenvalue weighted by Gasteiger charge is -2.10. The van der Waals surface area contributed by atoms with E-state index in [1.807, 2.05) is 30.3 Å². The van der Waals surface area contributed by atoms with Gasteiger partial charge in [0, 0.05) is 6.04 Å². The Morgan fingerprint density at radius 3 is 2.81 bits per heavy atom. The Kier molecular flexibility index (Phi) is 3.10. The number of rotatable bonds is 4. The first-order chi connectivity index (χ1) is 7.79. The van der Waals surface area contributed by atoms with Crippen LogP contribution < -0.4 is 5.32 Å². The lowest BCUT2D eigenvalue weighted by Crippen LogP contribution is -2.16. The predicted molar refractivity (Wildman–Crippen MR) is 65.2 cm³/mol. The van der Waals surface area contributed by atoms with E-state index >= 15 is 0 Å². The molecule has 0 bridgehead atoms. The SMILES string of the molecule is C=CCC(C)Nc1nnc2ccccc2n1. The van der Waals surface area contributed by atoms with Gasteiger partial charge in [-0.2, -0.15) is 0 Å². The molecule has 16 heavy (non-hydrogen) atoms. The lowest BCUT2D eigenvalue weighted by molar-refractivity contribution is 0.793. The minimum absolute atomic E-state index is 0.264. The number of benzene rings is 1. The van der Waals surface area contributed by atoms with Crippen LogP contribution in [0.25, 0.3) is 11.0 Å². The van der Waals surface area contributed by atoms with E-state index in [9.17, 15) is 0 Å². The zero-order chi connectivity index (χ0) is 11.4. The first-order valence-electron chi connectivity index (χ1n) is 5.26. The van der Waals surface area contributed by atoms with Gasteiger partial charge >= 0.3 is 0 Å². The number of para-hydroxylation sites is 1. The van der Waals surface area contributed by atoms with Gasteiger partial charge in [0.2, 0.25) is 5.95 Å². The fourth-order valence-corrected chi connectivity index (χ4v) is 1.47. The van der Waals surface area contributed by atoms with E-state index in [0.717, 1.165) is 17.5 Å². The second-order valence-corrected chi connectivity index (χ2v) is 3.69. The molecule has 1 aromatic heterocycles. The summed E-state index contributed by atoms with van der Waals surface area (Å²) >= 11 is 0. The minimum Gasteiger partial charge on any atom is -0.350 e. The van der Waals surface area contributed by atoms with Crippen molar-refractivity contribution in [2.45, 2.75) is 19.4 Å². The number of aromatic nitrogens is 3. The fourth-order valence-electron chi connectivity index (χ4n) is 1.47. The Hall–Kier alpha value is -1.97. The minimum atomic E-state index is 0.264. The summed E-state index contributed by atoms with van der Waals surface area (Å²) in [6.45, 7) is 5.75. The molecule has 0 spiro atoms. The average molecular weight is 214 g/mol. The van der Waals surface area contributed by atoms with Crippen LogP contribution in [-0.2, 0) is 0 Å². The summed E-state index contributed by atoms with van der Waals surface area (Å²) in [7, 11) is 0. The van der Waals surface area contributed by atoms with Crippen molar-refractivity contribution in [3.8, 4) is 0 Å². The number of hydrogen-bond donors (Lipinski definition) is 1. The van der Waals surface area contributed by atoms with Gasteiger partial charge in [-0.1, -0.05) is 18.2 Å². The fraction of sp³-hybridized carbons (Fsp3) is 0.250. The van der Waals surface area contributed by atoms with Crippen molar-refractivity contribution in [3.05, 3.63) is 36.9 Å². The van der Waals surface area contributed by atoms with Gasteiger partial charge in [0.15, 0.2) is 0 Å². The molecule has 0 amide bonds. The highest BCUT2D eigenvalue weighted by Crippen LogP contribution is 2.10. The third-order valence-corrected chi connectivity index (χ3v) is 2.26. The van der Waals surface area contributed by atoms with Gasteiger partial charge in [-0.05, 0) is 25.5 Å². The molecule has 82 valence electrons. The van der Waals surface area contributed by atoms with E-state index in [2.05, 4.69) is 34.0 Å². The molecule has 2 rings (SSSR count). The van der Waals surface area contributed by atoms with Crippen LogP contribution in [0.1, 0.15) is 13.3 Å². The summed E-state index contributed by atoms with van der Waals surface area (Å²) in [5.41, 5.74) is 1.66. The van der Waals surface area contributed by atoms with Crippen LogP contribution >= 0.6 is 0 Å². The van der Waals surface area contributed by atoms with Crippen LogP contribution in [0.5, 0.6) is 0 Å². The van der Waals surface area contributed by atoms with E-state index in [-0.39, 0.29) is 6.04 Å². The highest BCUT2D eigenvalue weighted by molar-refractivity contribution is 5.74. The molecule has 1 heterocycles. The first kappa shape index (κ1) is 10.5. The topological polar surface area (TPSA) is 50.7 Å². The van der Waals surface area contributed by atoms with Crippen molar-refractivity contribution < 1.29 is 0 Å². The van der Waals surface area contributed by atoms with Crippen molar-refractivity contribution in [3.63, 3.8) is 0 Å². The van der Waals surface area contributed by atoms with Crippen LogP contribution in [0.15, 0.2) is 36.9 Å². The van der Waals surface area contributed by atoms with E-state index in [1.165, 1.54) is 0 Å². The summed E-state index contributed by atoms with van der Waals surface area (Å²) in [4.78, 5) is 4.38. The normalized spacial score (nSPS) is 12.3. The molecular weight excluding hydrogens is 200 g/mol. The van der Waals surface area contributed by atoms with Gasteiger partial charge in [0.05, 0.1) is 5.52 Å². The summed E-state index contributed by atoms with van der Waals surface area (Å²) < 4.78 is 0. The average Bonchev–Trinajstić information content (AvgIpc) is 2.29. The van der Waals surface area contributed by atoms with Gasteiger partial charge in [0.25, 0.3) is 0 Å². The number of nitrogens with zero attached hydrogens (tertiary/aromatic N) is 3. The molecule has 0 aliphatic rings. The largest absolute Gasteiger partial charge is 0.350 e. The monoisotopic (exact) mass is 214 g/mol. The molecule has 0 saturated heterocycles. The molecule has 4 nitrogen and oxygen atoms in total. The highest BCUT2D eigenvalue weighted by atomic mass is 15.2. The molecule has 0 saturated carbocycles. The summed E-state index contributed by atoms with van der Waals surface area (Å²) in [6.07, 6.45) is 2.74. The van der Waals surface area contributed by atoms with E-state index in [0.29, 0.717) is 5.95 Å². The van der Waals surface area contributed by atoms with Gasteiger partial charge in [0.1, 0.15) is 5.52 Å². The zero-order valence-electron chi connectivity index (χ0n) is 9.22. The Bertz CT molecular complexity index is 495. The highest BCUT2D eigenvalue weighted by Gasteiger charge is 2.03. The lowest BCUT2D eigenvalue weighted by atomic mass is 10.2. The number of hydrogen-bond acceptors (Lipinski definition) is 4. The van der Waals surface area contributed by atoms with Gasteiger partial charge in [-0.15, -0.1) is 16.8 Å². The quantitative estimate of drug-likeness (QED) is 0.794. The Morgan fingerprint density at radius 2 is 2.06 bits per heavy atom. The third kappa shape index (κ3) is 2.34. The van der Waals surface area contributed by atoms with Crippen molar-refractivity contribution >= 4 is 17.0 Å². The van der Waals surface area contributed by atoms with Crippen molar-refractivity contribution in [2.24, 2.45) is 0 Å². The van der Waals surface area contributed by atoms with Gasteiger partial charge < -0.3 is 5.32 Å². The smallest absolute Gasteiger partial charge is 0.243 e. The van der Waals surface area contributed by atoms with Crippen molar-refractivity contribution in [2.75, 3.05) is 5.32 Å². The standard InChI is InChI=1S/C12H14N4/c1-3-6-9(2)13-12-14-10-7-4-5-8-11(10)15-16-12/h3-5,7-9H,1,6H2,2H3,(H,13,14,16). The van der Waals surface area contributed by atoms with Crippen molar-refractivity contribution in [1.29, 1.82) is 0 Å². The van der Waals surface area contributed by atoms with Crippen LogP contribution in [-0.4, -0.2) is 21.2 Å². The second kappa shape index (κ2) is 4.70. The van der Waals surface area contributed by atoms with E-state index < -0.39 is 0 Å². The van der Waals surface area contributed by atoms with E-state index in [1.54, 1.807) is 0 Å². The number of fused-ring (bicyclic) bond motifs is 1. The summed E-state index contributed by atoms with van der Waals surface area (Å²) in [5, 5.41) is 11.3. The maximum Gasteiger partial charge on any atom is 0.243 e. The van der Waals surface area contributed by atoms with Gasteiger partial charge in [-0.25, -0.2) is 4.98 Å². The molecule has 1 atom stereocenters. The maximum absolute atomic E-state index is 4.38. The molecule has 2 aromatic rings. The van der Waals surface area contributed by atoms with Crippen LogP contribution in [0.2, 0.25) is 0 Å². The second-order valence-electron chi connectivity index (χ2n) is 3.69. The summed E-state index contributed by atoms with van der Waals surface area (Å²) in [5.74, 6) is 0.563. The van der Waals surface area contributed by atoms with Crippen LogP contribution in [0, 0.1) is 0 Å². The Labute approximate surface area is 94.4 Å². The van der Waals surface area contributed by atoms with Crippen molar-refractivity contribution in [1.82, 2.24) is 15.2 Å². The molecule has 1 N–H and O–H groups in total. The summed E-state index contributed by atoms with van der Waals surface area (Å²) in [6, 6.07) is 7.94. The Balaban J connectivity index is 2.22. The van der Waals surface area contributed by atoms with Crippen LogP contribution in [0.4, 0.5) is 5.95 Å². The predicted octanol–water partition coefficient (Wildman–Crippen LogP) is 2.40. The molecule has 0 aliphatic heterocycles. The van der Waals surface area contributed by atoms with Gasteiger partial charge in [-0.3, -0.25) is 0 Å². The van der Waals surface area contributed by atoms with E-state index in [4.69, 9.17) is 0 Å². The molecule has 4 heteroatoms. The maximum atomic E-state index is 4.38. The zero-order valence-corrected chi connectivity index (χ0v) is 9.22. The molecule has 1 unspecified atom stereocenters. The molecular formula is C12H14N4. The molecule has 1 aromatic carbocycles. The molecule has 0 aliphatic carbocycles. The number of anilines is 1. The Morgan fingerprint density at radius 1 is 1.31 bits per heavy atom. The number of nitrogens with one attached hydrogen (secondary N) is 1. The third-order valence-electron chi connectivity index (χ3n) is 2.26. The molecule has 0 radical (unpaired) electrons.